The average Bonchev–Trinajstić information content (AvgIpc) is 3.21. The van der Waals surface area contributed by atoms with Crippen LogP contribution in [0, 0.1) is 0 Å². The summed E-state index contributed by atoms with van der Waals surface area (Å²) in [6.07, 6.45) is 1.81. The van der Waals surface area contributed by atoms with E-state index in [1.54, 1.807) is 0 Å². The first kappa shape index (κ1) is 26.3. The standard InChI is InChI=1S/C27H24Br2N2O4S/c1-3-33-21-11-9-20(10-12-21)30-27-31-26(32)25(36-27)14-18-13-23(34-4-2)24(15-22(18)29)35-16-17-5-7-19(28)8-6-17/h5-15H,3-4,16H2,1-2H3,(H,30,31,32)/b25-14+. The topological polar surface area (TPSA) is 69.2 Å². The van der Waals surface area contributed by atoms with Crippen LogP contribution in [0.4, 0.5) is 5.69 Å². The Morgan fingerprint density at radius 1 is 0.917 bits per heavy atom. The monoisotopic (exact) mass is 630 g/mol. The van der Waals surface area contributed by atoms with Gasteiger partial charge in [0.25, 0.3) is 5.91 Å². The molecule has 4 rings (SSSR count). The van der Waals surface area contributed by atoms with Gasteiger partial charge in [0.2, 0.25) is 0 Å². The van der Waals surface area contributed by atoms with Gasteiger partial charge < -0.3 is 19.5 Å². The molecule has 0 radical (unpaired) electrons. The van der Waals surface area contributed by atoms with Crippen LogP contribution in [-0.2, 0) is 11.4 Å². The van der Waals surface area contributed by atoms with Crippen molar-refractivity contribution in [2.75, 3.05) is 13.2 Å². The molecule has 1 N–H and O–H groups in total. The Labute approximate surface area is 231 Å². The van der Waals surface area contributed by atoms with Crippen LogP contribution in [0.3, 0.4) is 0 Å². The van der Waals surface area contributed by atoms with Gasteiger partial charge in [-0.1, -0.05) is 44.0 Å². The highest BCUT2D eigenvalue weighted by Gasteiger charge is 2.24. The second-order valence-electron chi connectivity index (χ2n) is 7.58. The Kier molecular flexibility index (Phi) is 9.12. The molecule has 186 valence electrons. The zero-order chi connectivity index (χ0) is 25.5. The highest BCUT2D eigenvalue weighted by Crippen LogP contribution is 2.37. The minimum absolute atomic E-state index is 0.204. The molecule has 9 heteroatoms. The van der Waals surface area contributed by atoms with Crippen LogP contribution in [0.2, 0.25) is 0 Å². The summed E-state index contributed by atoms with van der Waals surface area (Å²) in [5.41, 5.74) is 2.57. The van der Waals surface area contributed by atoms with Gasteiger partial charge in [0.15, 0.2) is 16.7 Å². The molecule has 1 fully saturated rings. The number of rotatable bonds is 9. The van der Waals surface area contributed by atoms with Crippen molar-refractivity contribution in [3.63, 3.8) is 0 Å². The fourth-order valence-electron chi connectivity index (χ4n) is 3.31. The second-order valence-corrected chi connectivity index (χ2v) is 10.4. The molecule has 1 amide bonds. The number of carbonyl (C=O) groups excluding carboxylic acids is 1. The van der Waals surface area contributed by atoms with Gasteiger partial charge in [-0.25, -0.2) is 4.99 Å². The molecule has 0 aromatic heterocycles. The Morgan fingerprint density at radius 3 is 2.31 bits per heavy atom. The molecule has 0 atom stereocenters. The predicted octanol–water partition coefficient (Wildman–Crippen LogP) is 7.48. The van der Waals surface area contributed by atoms with Crippen molar-refractivity contribution in [3.8, 4) is 17.2 Å². The smallest absolute Gasteiger partial charge is 0.264 e. The minimum Gasteiger partial charge on any atom is -0.494 e. The second kappa shape index (κ2) is 12.5. The van der Waals surface area contributed by atoms with E-state index >= 15 is 0 Å². The van der Waals surface area contributed by atoms with Gasteiger partial charge in [-0.05, 0) is 91.3 Å². The molecule has 36 heavy (non-hydrogen) atoms. The molecule has 6 nitrogen and oxygen atoms in total. The van der Waals surface area contributed by atoms with E-state index < -0.39 is 0 Å². The first-order valence-corrected chi connectivity index (χ1v) is 13.7. The highest BCUT2D eigenvalue weighted by atomic mass is 79.9. The van der Waals surface area contributed by atoms with E-state index in [9.17, 15) is 4.79 Å². The van der Waals surface area contributed by atoms with Gasteiger partial charge in [0.1, 0.15) is 12.4 Å². The fraction of sp³-hybridized carbons (Fsp3) is 0.185. The van der Waals surface area contributed by atoms with E-state index in [1.807, 2.05) is 80.6 Å². The third kappa shape index (κ3) is 6.93. The molecular formula is C27H24Br2N2O4S. The van der Waals surface area contributed by atoms with Gasteiger partial charge >= 0.3 is 0 Å². The number of benzene rings is 3. The number of aliphatic imine (C=N–C) groups is 1. The van der Waals surface area contributed by atoms with Gasteiger partial charge in [-0.2, -0.15) is 0 Å². The number of carbonyl (C=O) groups is 1. The summed E-state index contributed by atoms with van der Waals surface area (Å²) >= 11 is 8.34. The summed E-state index contributed by atoms with van der Waals surface area (Å²) in [4.78, 5) is 17.7. The zero-order valence-electron chi connectivity index (χ0n) is 19.7. The lowest BCUT2D eigenvalue weighted by atomic mass is 10.1. The van der Waals surface area contributed by atoms with Crippen molar-refractivity contribution in [2.24, 2.45) is 4.99 Å². The number of hydrogen-bond donors (Lipinski definition) is 1. The van der Waals surface area contributed by atoms with Crippen LogP contribution in [0.15, 0.2) is 79.5 Å². The van der Waals surface area contributed by atoms with Crippen molar-refractivity contribution in [1.29, 1.82) is 0 Å². The number of nitrogens with one attached hydrogen (secondary N) is 1. The van der Waals surface area contributed by atoms with Crippen molar-refractivity contribution in [1.82, 2.24) is 5.32 Å². The van der Waals surface area contributed by atoms with Crippen molar-refractivity contribution in [2.45, 2.75) is 20.5 Å². The van der Waals surface area contributed by atoms with Gasteiger partial charge in [0, 0.05) is 8.95 Å². The number of amidine groups is 1. The zero-order valence-corrected chi connectivity index (χ0v) is 23.7. The maximum absolute atomic E-state index is 12.6. The average molecular weight is 632 g/mol. The maximum Gasteiger partial charge on any atom is 0.264 e. The van der Waals surface area contributed by atoms with Crippen LogP contribution in [-0.4, -0.2) is 24.3 Å². The molecule has 1 heterocycles. The quantitative estimate of drug-likeness (QED) is 0.248. The van der Waals surface area contributed by atoms with E-state index in [0.29, 0.717) is 41.4 Å². The molecule has 1 aliphatic rings. The summed E-state index contributed by atoms with van der Waals surface area (Å²) in [5, 5.41) is 3.34. The normalized spacial score (nSPS) is 15.3. The van der Waals surface area contributed by atoms with Crippen molar-refractivity contribution < 1.29 is 19.0 Å². The van der Waals surface area contributed by atoms with Gasteiger partial charge in [-0.3, -0.25) is 4.79 Å². The minimum atomic E-state index is -0.204. The Bertz CT molecular complexity index is 1290. The summed E-state index contributed by atoms with van der Waals surface area (Å²) in [5.74, 6) is 1.81. The van der Waals surface area contributed by atoms with E-state index in [4.69, 9.17) is 14.2 Å². The third-order valence-electron chi connectivity index (χ3n) is 4.99. The molecule has 0 aliphatic carbocycles. The number of hydrogen-bond acceptors (Lipinski definition) is 6. The van der Waals surface area contributed by atoms with Crippen LogP contribution in [0.5, 0.6) is 17.2 Å². The Hall–Kier alpha value is -2.75. The number of nitrogens with zero attached hydrogens (tertiary/aromatic N) is 1. The molecular weight excluding hydrogens is 608 g/mol. The molecule has 1 saturated heterocycles. The summed E-state index contributed by atoms with van der Waals surface area (Å²) < 4.78 is 19.1. The van der Waals surface area contributed by atoms with Crippen molar-refractivity contribution in [3.05, 3.63) is 85.6 Å². The fourth-order valence-corrected chi connectivity index (χ4v) is 4.84. The maximum atomic E-state index is 12.6. The van der Waals surface area contributed by atoms with Crippen LogP contribution in [0.1, 0.15) is 25.0 Å². The summed E-state index contributed by atoms with van der Waals surface area (Å²) in [6.45, 7) is 5.35. The number of halogens is 2. The van der Waals surface area contributed by atoms with Crippen LogP contribution >= 0.6 is 43.6 Å². The first-order chi connectivity index (χ1) is 17.4. The molecule has 3 aromatic carbocycles. The van der Waals surface area contributed by atoms with Crippen LogP contribution in [0.25, 0.3) is 6.08 Å². The SMILES string of the molecule is CCOc1ccc(N=C2NC(=O)/C(=C\c3cc(OCC)c(OCc4ccc(Br)cc4)cc3Br)S2)cc1. The van der Waals surface area contributed by atoms with E-state index in [2.05, 4.69) is 42.2 Å². The van der Waals surface area contributed by atoms with Crippen LogP contribution < -0.4 is 19.5 Å². The molecule has 1 aliphatic heterocycles. The van der Waals surface area contributed by atoms with E-state index in [-0.39, 0.29) is 5.91 Å². The lowest BCUT2D eigenvalue weighted by molar-refractivity contribution is -0.115. The summed E-state index contributed by atoms with van der Waals surface area (Å²) in [6, 6.07) is 19.1. The molecule has 0 bridgehead atoms. The van der Waals surface area contributed by atoms with Gasteiger partial charge in [0.05, 0.1) is 23.8 Å². The van der Waals surface area contributed by atoms with Gasteiger partial charge in [-0.15, -0.1) is 0 Å². The molecule has 3 aromatic rings. The molecule has 0 saturated carbocycles. The predicted molar refractivity (Wildman–Crippen MR) is 152 cm³/mol. The number of thioether (sulfide) groups is 1. The summed E-state index contributed by atoms with van der Waals surface area (Å²) in [7, 11) is 0. The lowest BCUT2D eigenvalue weighted by Gasteiger charge is -2.14. The Morgan fingerprint density at radius 2 is 1.61 bits per heavy atom. The van der Waals surface area contributed by atoms with E-state index in [1.165, 1.54) is 11.8 Å². The third-order valence-corrected chi connectivity index (χ3v) is 7.11. The van der Waals surface area contributed by atoms with E-state index in [0.717, 1.165) is 31.5 Å². The number of amides is 1. The molecule has 0 unspecified atom stereocenters. The number of ether oxygens (including phenoxy) is 3. The van der Waals surface area contributed by atoms with Crippen molar-refractivity contribution >= 4 is 66.5 Å². The molecule has 0 spiro atoms. The first-order valence-electron chi connectivity index (χ1n) is 11.3. The lowest BCUT2D eigenvalue weighted by Crippen LogP contribution is -2.19. The largest absolute Gasteiger partial charge is 0.494 e. The highest BCUT2D eigenvalue weighted by molar-refractivity contribution is 9.10. The Balaban J connectivity index is 1.52.